The van der Waals surface area contributed by atoms with Crippen LogP contribution in [0.15, 0.2) is 48.5 Å². The third-order valence-corrected chi connectivity index (χ3v) is 4.36. The summed E-state index contributed by atoms with van der Waals surface area (Å²) in [6, 6.07) is 14.8. The van der Waals surface area contributed by atoms with Crippen molar-refractivity contribution in [3.8, 4) is 5.75 Å². The molecule has 2 amide bonds. The zero-order valence-electron chi connectivity index (χ0n) is 15.0. The lowest BCUT2D eigenvalue weighted by Gasteiger charge is -2.22. The van der Waals surface area contributed by atoms with E-state index in [9.17, 15) is 9.59 Å². The average Bonchev–Trinajstić information content (AvgIpc) is 2.63. The first-order valence-corrected chi connectivity index (χ1v) is 8.76. The normalized spacial score (nSPS) is 10.3. The van der Waals surface area contributed by atoms with Crippen molar-refractivity contribution in [2.45, 2.75) is 19.9 Å². The number of methoxy groups -OCH3 is 1. The highest BCUT2D eigenvalue weighted by molar-refractivity contribution is 6.31. The molecule has 26 heavy (non-hydrogen) atoms. The quantitative estimate of drug-likeness (QED) is 0.772. The number of rotatable bonds is 8. The Labute approximate surface area is 158 Å². The van der Waals surface area contributed by atoms with Crippen LogP contribution in [0.25, 0.3) is 0 Å². The van der Waals surface area contributed by atoms with E-state index in [0.29, 0.717) is 24.7 Å². The molecule has 0 fully saturated rings. The van der Waals surface area contributed by atoms with E-state index in [0.717, 1.165) is 16.9 Å². The third-order valence-electron chi connectivity index (χ3n) is 3.99. The van der Waals surface area contributed by atoms with E-state index in [2.05, 4.69) is 5.32 Å². The summed E-state index contributed by atoms with van der Waals surface area (Å²) in [7, 11) is 1.60. The molecule has 2 aromatic carbocycles. The molecule has 2 rings (SSSR count). The number of hydrogen-bond donors (Lipinski definition) is 1. The molecular formula is C20H23ClN2O3. The van der Waals surface area contributed by atoms with Gasteiger partial charge in [-0.25, -0.2) is 0 Å². The number of hydrogen-bond acceptors (Lipinski definition) is 3. The fraction of sp³-hybridized carbons (Fsp3) is 0.300. The maximum absolute atomic E-state index is 12.1. The van der Waals surface area contributed by atoms with Gasteiger partial charge in [-0.15, -0.1) is 0 Å². The Kier molecular flexibility index (Phi) is 7.48. The van der Waals surface area contributed by atoms with E-state index >= 15 is 0 Å². The first-order valence-electron chi connectivity index (χ1n) is 8.38. The molecule has 0 saturated heterocycles. The van der Waals surface area contributed by atoms with E-state index in [4.69, 9.17) is 16.3 Å². The van der Waals surface area contributed by atoms with Gasteiger partial charge < -0.3 is 15.0 Å². The Morgan fingerprint density at radius 2 is 1.81 bits per heavy atom. The standard InChI is InChI=1S/C20H23ClN2O3/c1-15(24)23(14-17-5-3-4-6-19(17)21)12-11-22-20(25)13-16-7-9-18(26-2)10-8-16/h3-10H,11-14H2,1-2H3,(H,22,25). The van der Waals surface area contributed by atoms with Crippen LogP contribution in [-0.2, 0) is 22.6 Å². The molecule has 0 spiro atoms. The maximum Gasteiger partial charge on any atom is 0.224 e. The van der Waals surface area contributed by atoms with E-state index in [1.165, 1.54) is 6.92 Å². The summed E-state index contributed by atoms with van der Waals surface area (Å²) in [6.45, 7) is 2.74. The molecule has 1 N–H and O–H groups in total. The van der Waals surface area contributed by atoms with Crippen LogP contribution < -0.4 is 10.1 Å². The van der Waals surface area contributed by atoms with Crippen molar-refractivity contribution in [2.75, 3.05) is 20.2 Å². The Morgan fingerprint density at radius 1 is 1.12 bits per heavy atom. The lowest BCUT2D eigenvalue weighted by molar-refractivity contribution is -0.130. The lowest BCUT2D eigenvalue weighted by atomic mass is 10.1. The molecule has 0 aromatic heterocycles. The van der Waals surface area contributed by atoms with Crippen molar-refractivity contribution >= 4 is 23.4 Å². The van der Waals surface area contributed by atoms with Gasteiger partial charge in [0.2, 0.25) is 11.8 Å². The van der Waals surface area contributed by atoms with Gasteiger partial charge in [-0.2, -0.15) is 0 Å². The van der Waals surface area contributed by atoms with Crippen LogP contribution in [0.4, 0.5) is 0 Å². The summed E-state index contributed by atoms with van der Waals surface area (Å²) in [4.78, 5) is 25.6. The number of nitrogens with zero attached hydrogens (tertiary/aromatic N) is 1. The molecule has 0 atom stereocenters. The molecule has 0 aliphatic carbocycles. The van der Waals surface area contributed by atoms with Crippen LogP contribution in [0.3, 0.4) is 0 Å². The molecule has 0 aliphatic heterocycles. The highest BCUT2D eigenvalue weighted by Crippen LogP contribution is 2.17. The number of amides is 2. The molecule has 6 heteroatoms. The molecule has 0 bridgehead atoms. The smallest absolute Gasteiger partial charge is 0.224 e. The van der Waals surface area contributed by atoms with Gasteiger partial charge in [0.1, 0.15) is 5.75 Å². The zero-order chi connectivity index (χ0) is 18.9. The van der Waals surface area contributed by atoms with Gasteiger partial charge >= 0.3 is 0 Å². The number of carbonyl (C=O) groups excluding carboxylic acids is 2. The number of carbonyl (C=O) groups is 2. The van der Waals surface area contributed by atoms with Gasteiger partial charge in [0, 0.05) is 31.6 Å². The first-order chi connectivity index (χ1) is 12.5. The minimum absolute atomic E-state index is 0.0608. The van der Waals surface area contributed by atoms with Gasteiger partial charge in [0.15, 0.2) is 0 Å². The van der Waals surface area contributed by atoms with Crippen molar-refractivity contribution in [1.29, 1.82) is 0 Å². The van der Waals surface area contributed by atoms with Gasteiger partial charge in [-0.3, -0.25) is 9.59 Å². The molecule has 5 nitrogen and oxygen atoms in total. The number of halogens is 1. The van der Waals surface area contributed by atoms with E-state index in [1.807, 2.05) is 42.5 Å². The fourth-order valence-corrected chi connectivity index (χ4v) is 2.70. The van der Waals surface area contributed by atoms with Gasteiger partial charge in [0.25, 0.3) is 0 Å². The van der Waals surface area contributed by atoms with Gasteiger partial charge in [-0.1, -0.05) is 41.9 Å². The molecule has 0 radical (unpaired) electrons. The maximum atomic E-state index is 12.1. The van der Waals surface area contributed by atoms with Crippen LogP contribution in [0.5, 0.6) is 5.75 Å². The largest absolute Gasteiger partial charge is 0.497 e. The Balaban J connectivity index is 1.82. The van der Waals surface area contributed by atoms with Crippen molar-refractivity contribution in [3.05, 3.63) is 64.7 Å². The second kappa shape index (κ2) is 9.82. The van der Waals surface area contributed by atoms with Crippen LogP contribution >= 0.6 is 11.6 Å². The summed E-state index contributed by atoms with van der Waals surface area (Å²) >= 11 is 6.15. The average molecular weight is 375 g/mol. The zero-order valence-corrected chi connectivity index (χ0v) is 15.8. The lowest BCUT2D eigenvalue weighted by Crippen LogP contribution is -2.37. The molecular weight excluding hydrogens is 352 g/mol. The predicted molar refractivity (Wildman–Crippen MR) is 102 cm³/mol. The topological polar surface area (TPSA) is 58.6 Å². The molecule has 0 aliphatic rings. The second-order valence-corrected chi connectivity index (χ2v) is 6.31. The molecule has 0 unspecified atom stereocenters. The van der Waals surface area contributed by atoms with Gasteiger partial charge in [0.05, 0.1) is 13.5 Å². The van der Waals surface area contributed by atoms with Crippen LogP contribution in [0, 0.1) is 0 Å². The molecule has 0 saturated carbocycles. The van der Waals surface area contributed by atoms with Crippen molar-refractivity contribution in [2.24, 2.45) is 0 Å². The van der Waals surface area contributed by atoms with E-state index in [-0.39, 0.29) is 18.2 Å². The summed E-state index contributed by atoms with van der Waals surface area (Å²) in [5.41, 5.74) is 1.79. The number of nitrogens with one attached hydrogen (secondary N) is 1. The highest BCUT2D eigenvalue weighted by Gasteiger charge is 2.12. The van der Waals surface area contributed by atoms with Gasteiger partial charge in [-0.05, 0) is 29.3 Å². The fourth-order valence-electron chi connectivity index (χ4n) is 2.50. The highest BCUT2D eigenvalue weighted by atomic mass is 35.5. The summed E-state index contributed by atoms with van der Waals surface area (Å²) in [5.74, 6) is 0.608. The molecule has 2 aromatic rings. The Morgan fingerprint density at radius 3 is 2.42 bits per heavy atom. The van der Waals surface area contributed by atoms with E-state index in [1.54, 1.807) is 18.1 Å². The van der Waals surface area contributed by atoms with Crippen LogP contribution in [0.2, 0.25) is 5.02 Å². The monoisotopic (exact) mass is 374 g/mol. The second-order valence-electron chi connectivity index (χ2n) is 5.91. The minimum Gasteiger partial charge on any atom is -0.497 e. The summed E-state index contributed by atoms with van der Waals surface area (Å²) < 4.78 is 5.10. The molecule has 0 heterocycles. The summed E-state index contributed by atoms with van der Waals surface area (Å²) in [5, 5.41) is 3.48. The molecule has 138 valence electrons. The van der Waals surface area contributed by atoms with Crippen molar-refractivity contribution in [3.63, 3.8) is 0 Å². The Hall–Kier alpha value is -2.53. The predicted octanol–water partition coefficient (Wildman–Crippen LogP) is 3.06. The van der Waals surface area contributed by atoms with E-state index < -0.39 is 0 Å². The summed E-state index contributed by atoms with van der Waals surface area (Å²) in [6.07, 6.45) is 0.286. The van der Waals surface area contributed by atoms with Crippen molar-refractivity contribution in [1.82, 2.24) is 10.2 Å². The third kappa shape index (κ3) is 6.08. The Bertz CT molecular complexity index is 747. The van der Waals surface area contributed by atoms with Crippen molar-refractivity contribution < 1.29 is 14.3 Å². The number of ether oxygens (including phenoxy) is 1. The minimum atomic E-state index is -0.0867. The number of benzene rings is 2. The first kappa shape index (κ1) is 19.8. The van der Waals surface area contributed by atoms with Crippen LogP contribution in [-0.4, -0.2) is 36.9 Å². The van der Waals surface area contributed by atoms with Crippen LogP contribution in [0.1, 0.15) is 18.1 Å². The SMILES string of the molecule is COc1ccc(CC(=O)NCCN(Cc2ccccc2Cl)C(C)=O)cc1.